The number of thiophene rings is 1. The van der Waals surface area contributed by atoms with E-state index in [2.05, 4.69) is 40.1 Å². The Labute approximate surface area is 164 Å². The van der Waals surface area contributed by atoms with E-state index >= 15 is 0 Å². The largest absolute Gasteiger partial charge is 0.357 e. The van der Waals surface area contributed by atoms with Crippen LogP contribution in [0.3, 0.4) is 0 Å². The predicted molar refractivity (Wildman–Crippen MR) is 115 cm³/mol. The highest BCUT2D eigenvalue weighted by Gasteiger charge is 2.18. The van der Waals surface area contributed by atoms with E-state index in [0.717, 1.165) is 19.0 Å². The summed E-state index contributed by atoms with van der Waals surface area (Å²) in [6, 6.07) is 4.23. The van der Waals surface area contributed by atoms with Crippen LogP contribution in [0.1, 0.15) is 45.4 Å². The minimum atomic E-state index is -0.838. The van der Waals surface area contributed by atoms with Gasteiger partial charge in [-0.3, -0.25) is 9.20 Å². The van der Waals surface area contributed by atoms with Crippen LogP contribution in [0.5, 0.6) is 0 Å². The van der Waals surface area contributed by atoms with Gasteiger partial charge >= 0.3 is 0 Å². The van der Waals surface area contributed by atoms with Crippen molar-refractivity contribution in [3.05, 3.63) is 22.4 Å². The molecule has 1 heterocycles. The molecule has 0 spiro atoms. The lowest BCUT2D eigenvalue weighted by Crippen LogP contribution is -2.40. The third kappa shape index (κ3) is 9.05. The van der Waals surface area contributed by atoms with Crippen molar-refractivity contribution >= 4 is 52.1 Å². The van der Waals surface area contributed by atoms with Gasteiger partial charge in [0.05, 0.1) is 6.54 Å². The van der Waals surface area contributed by atoms with Crippen molar-refractivity contribution in [2.75, 3.05) is 25.4 Å². The van der Waals surface area contributed by atoms with Gasteiger partial charge < -0.3 is 10.6 Å². The average Bonchev–Trinajstić information content (AvgIpc) is 2.97. The van der Waals surface area contributed by atoms with E-state index in [-0.39, 0.29) is 28.7 Å². The number of nitrogens with zero attached hydrogens (tertiary/aromatic N) is 1. The van der Waals surface area contributed by atoms with Gasteiger partial charge in [0.2, 0.25) is 0 Å². The Morgan fingerprint density at radius 2 is 2.09 bits per heavy atom. The first-order chi connectivity index (χ1) is 10.3. The van der Waals surface area contributed by atoms with Crippen LogP contribution in [0.4, 0.5) is 0 Å². The van der Waals surface area contributed by atoms with Crippen LogP contribution < -0.4 is 10.6 Å². The molecule has 134 valence electrons. The second-order valence-corrected chi connectivity index (χ2v) is 9.53. The third-order valence-electron chi connectivity index (χ3n) is 3.16. The van der Waals surface area contributed by atoms with Crippen molar-refractivity contribution < 1.29 is 4.21 Å². The van der Waals surface area contributed by atoms with E-state index in [4.69, 9.17) is 0 Å². The van der Waals surface area contributed by atoms with Gasteiger partial charge in [-0.25, -0.2) is 0 Å². The fourth-order valence-corrected chi connectivity index (χ4v) is 3.48. The first kappa shape index (κ1) is 22.9. The molecule has 0 saturated carbocycles. The van der Waals surface area contributed by atoms with Gasteiger partial charge in [0.15, 0.2) is 5.96 Å². The van der Waals surface area contributed by atoms with Crippen LogP contribution in [0.15, 0.2) is 22.5 Å². The second-order valence-electron chi connectivity index (χ2n) is 6.22. The zero-order valence-electron chi connectivity index (χ0n) is 14.7. The Morgan fingerprint density at radius 3 is 2.61 bits per heavy atom. The van der Waals surface area contributed by atoms with Crippen molar-refractivity contribution in [2.45, 2.75) is 45.3 Å². The molecule has 0 bridgehead atoms. The molecule has 2 unspecified atom stereocenters. The Morgan fingerprint density at radius 1 is 1.39 bits per heavy atom. The van der Waals surface area contributed by atoms with Crippen molar-refractivity contribution in [3.63, 3.8) is 0 Å². The normalized spacial score (nSPS) is 14.7. The van der Waals surface area contributed by atoms with Crippen molar-refractivity contribution in [2.24, 2.45) is 4.99 Å². The summed E-state index contributed by atoms with van der Waals surface area (Å²) >= 11 is 1.77. The van der Waals surface area contributed by atoms with E-state index < -0.39 is 10.8 Å². The first-order valence-electron chi connectivity index (χ1n) is 7.78. The highest BCUT2D eigenvalue weighted by Crippen LogP contribution is 2.20. The molecule has 2 atom stereocenters. The van der Waals surface area contributed by atoms with Gasteiger partial charge in [-0.2, -0.15) is 0 Å². The molecule has 2 N–H and O–H groups in total. The smallest absolute Gasteiger partial charge is 0.191 e. The molecule has 0 aliphatic heterocycles. The zero-order valence-corrected chi connectivity index (χ0v) is 18.7. The van der Waals surface area contributed by atoms with E-state index in [1.54, 1.807) is 11.3 Å². The molecule has 0 saturated heterocycles. The molecule has 0 aliphatic carbocycles. The number of guanidine groups is 1. The molecule has 0 aromatic carbocycles. The van der Waals surface area contributed by atoms with Crippen LogP contribution in [0.25, 0.3) is 0 Å². The average molecular weight is 471 g/mol. The van der Waals surface area contributed by atoms with Gasteiger partial charge in [-0.1, -0.05) is 13.0 Å². The van der Waals surface area contributed by atoms with Gasteiger partial charge in [0.25, 0.3) is 0 Å². The summed E-state index contributed by atoms with van der Waals surface area (Å²) in [5.41, 5.74) is 0. The summed E-state index contributed by atoms with van der Waals surface area (Å²) in [5.74, 6) is 1.85. The number of nitrogens with one attached hydrogen (secondary N) is 2. The predicted octanol–water partition coefficient (Wildman–Crippen LogP) is 3.57. The molecular formula is C16H30IN3OS2. The van der Waals surface area contributed by atoms with E-state index in [9.17, 15) is 4.21 Å². The fourth-order valence-electron chi connectivity index (χ4n) is 1.80. The fraction of sp³-hybridized carbons (Fsp3) is 0.688. The summed E-state index contributed by atoms with van der Waals surface area (Å²) in [7, 11) is -0.838. The monoisotopic (exact) mass is 471 g/mol. The molecule has 23 heavy (non-hydrogen) atoms. The number of hydrogen-bond acceptors (Lipinski definition) is 3. The van der Waals surface area contributed by atoms with E-state index in [1.807, 2.05) is 27.7 Å². The zero-order chi connectivity index (χ0) is 16.6. The van der Waals surface area contributed by atoms with Crippen LogP contribution in [-0.2, 0) is 10.8 Å². The number of hydrogen-bond donors (Lipinski definition) is 2. The summed E-state index contributed by atoms with van der Waals surface area (Å²) < 4.78 is 11.9. The molecule has 4 nitrogen and oxygen atoms in total. The lowest BCUT2D eigenvalue weighted by atomic mass is 10.1. The van der Waals surface area contributed by atoms with Crippen molar-refractivity contribution in [3.8, 4) is 0 Å². The van der Waals surface area contributed by atoms with Crippen molar-refractivity contribution in [1.82, 2.24) is 10.6 Å². The summed E-state index contributed by atoms with van der Waals surface area (Å²) in [5, 5.41) is 8.61. The molecule has 1 aromatic rings. The Bertz CT molecular complexity index is 484. The lowest BCUT2D eigenvalue weighted by Gasteiger charge is -2.18. The SMILES string of the molecule is CCNC(=NCC(C)c1cccs1)NCCS(=O)C(C)(C)C.I. The molecule has 0 aliphatic rings. The van der Waals surface area contributed by atoms with E-state index in [1.165, 1.54) is 4.88 Å². The van der Waals surface area contributed by atoms with Gasteiger partial charge in [-0.15, -0.1) is 35.3 Å². The maximum absolute atomic E-state index is 12.0. The molecule has 7 heteroatoms. The van der Waals surface area contributed by atoms with Crippen LogP contribution in [0.2, 0.25) is 0 Å². The van der Waals surface area contributed by atoms with Crippen LogP contribution in [0, 0.1) is 0 Å². The van der Waals surface area contributed by atoms with Gasteiger partial charge in [0, 0.05) is 45.2 Å². The molecular weight excluding hydrogens is 441 g/mol. The quantitative estimate of drug-likeness (QED) is 0.363. The topological polar surface area (TPSA) is 53.5 Å². The van der Waals surface area contributed by atoms with Gasteiger partial charge in [-0.05, 0) is 39.1 Å². The highest BCUT2D eigenvalue weighted by molar-refractivity contribution is 14.0. The second kappa shape index (κ2) is 11.4. The van der Waals surface area contributed by atoms with Crippen LogP contribution >= 0.6 is 35.3 Å². The summed E-state index contributed by atoms with van der Waals surface area (Å²) in [4.78, 5) is 5.99. The maximum Gasteiger partial charge on any atom is 0.191 e. The lowest BCUT2D eigenvalue weighted by molar-refractivity contribution is 0.647. The minimum absolute atomic E-state index is 0. The van der Waals surface area contributed by atoms with Gasteiger partial charge in [0.1, 0.15) is 0 Å². The van der Waals surface area contributed by atoms with Crippen LogP contribution in [-0.4, -0.2) is 40.3 Å². The Kier molecular flexibility index (Phi) is 11.3. The third-order valence-corrected chi connectivity index (χ3v) is 6.20. The number of rotatable bonds is 7. The summed E-state index contributed by atoms with van der Waals surface area (Å²) in [6.07, 6.45) is 0. The maximum atomic E-state index is 12.0. The molecule has 1 rings (SSSR count). The molecule has 1 aromatic heterocycles. The molecule has 0 radical (unpaired) electrons. The standard InChI is InChI=1S/C16H29N3OS2.HI/c1-6-17-15(18-9-11-22(20)16(3,4)5)19-12-13(2)14-8-7-10-21-14;/h7-8,10,13H,6,9,11-12H2,1-5H3,(H2,17,18,19);1H. The first-order valence-corrected chi connectivity index (χ1v) is 9.98. The highest BCUT2D eigenvalue weighted by atomic mass is 127. The van der Waals surface area contributed by atoms with E-state index in [0.29, 0.717) is 18.2 Å². The van der Waals surface area contributed by atoms with Crippen molar-refractivity contribution in [1.29, 1.82) is 0 Å². The Balaban J connectivity index is 0.00000484. The summed E-state index contributed by atoms with van der Waals surface area (Å²) in [6.45, 7) is 12.5. The minimum Gasteiger partial charge on any atom is -0.357 e. The molecule has 0 fully saturated rings. The Hall–Kier alpha value is -0.150. The number of halogens is 1. The number of aliphatic imine (C=N–C) groups is 1. The molecule has 0 amide bonds.